The van der Waals surface area contributed by atoms with Crippen LogP contribution in [0.15, 0.2) is 27.1 Å². The van der Waals surface area contributed by atoms with Crippen LogP contribution in [0.3, 0.4) is 0 Å². The van der Waals surface area contributed by atoms with Crippen molar-refractivity contribution in [2.75, 3.05) is 0 Å². The molecular formula is C11H15BrN6. The highest BCUT2D eigenvalue weighted by atomic mass is 79.9. The molecule has 0 saturated carbocycles. The first-order valence-corrected chi connectivity index (χ1v) is 6.43. The summed E-state index contributed by atoms with van der Waals surface area (Å²) >= 11 is 3.37. The number of azo groups is 1. The van der Waals surface area contributed by atoms with Crippen molar-refractivity contribution in [1.29, 1.82) is 0 Å². The Bertz CT molecular complexity index is 580. The second kappa shape index (κ2) is 5.01. The minimum Gasteiger partial charge on any atom is -0.272 e. The maximum absolute atomic E-state index is 4.37. The van der Waals surface area contributed by atoms with E-state index in [4.69, 9.17) is 0 Å². The molecule has 0 aliphatic rings. The summed E-state index contributed by atoms with van der Waals surface area (Å²) in [6.45, 7) is 6.11. The van der Waals surface area contributed by atoms with Gasteiger partial charge < -0.3 is 0 Å². The second-order valence-corrected chi connectivity index (χ2v) is 5.24. The van der Waals surface area contributed by atoms with Crippen LogP contribution in [0, 0.1) is 6.92 Å². The molecule has 0 aliphatic carbocycles. The molecule has 6 nitrogen and oxygen atoms in total. The Morgan fingerprint density at radius 1 is 1.17 bits per heavy atom. The fraction of sp³-hybridized carbons (Fsp3) is 0.455. The number of hydrogen-bond donors (Lipinski definition) is 0. The topological polar surface area (TPSA) is 60.4 Å². The highest BCUT2D eigenvalue weighted by Crippen LogP contribution is 2.25. The average molecular weight is 311 g/mol. The Morgan fingerprint density at radius 2 is 1.83 bits per heavy atom. The molecule has 96 valence electrons. The third kappa shape index (κ3) is 2.66. The number of aryl methyl sites for hydroxylation is 2. The van der Waals surface area contributed by atoms with Gasteiger partial charge >= 0.3 is 0 Å². The monoisotopic (exact) mass is 310 g/mol. The van der Waals surface area contributed by atoms with Gasteiger partial charge in [0.25, 0.3) is 0 Å². The van der Waals surface area contributed by atoms with Crippen molar-refractivity contribution < 1.29 is 0 Å². The zero-order chi connectivity index (χ0) is 13.3. The van der Waals surface area contributed by atoms with Gasteiger partial charge in [0, 0.05) is 31.0 Å². The van der Waals surface area contributed by atoms with E-state index in [1.165, 1.54) is 0 Å². The summed E-state index contributed by atoms with van der Waals surface area (Å²) in [5.41, 5.74) is 1.000. The van der Waals surface area contributed by atoms with Crippen LogP contribution in [0.5, 0.6) is 0 Å². The van der Waals surface area contributed by atoms with E-state index in [0.717, 1.165) is 10.0 Å². The normalized spacial score (nSPS) is 11.9. The zero-order valence-corrected chi connectivity index (χ0v) is 12.4. The van der Waals surface area contributed by atoms with Gasteiger partial charge in [-0.1, -0.05) is 0 Å². The van der Waals surface area contributed by atoms with Gasteiger partial charge in [0.05, 0.1) is 4.47 Å². The van der Waals surface area contributed by atoms with Gasteiger partial charge in [-0.05, 0) is 36.7 Å². The number of nitrogens with zero attached hydrogens (tertiary/aromatic N) is 6. The van der Waals surface area contributed by atoms with E-state index in [1.807, 2.05) is 31.0 Å². The van der Waals surface area contributed by atoms with Gasteiger partial charge in [-0.2, -0.15) is 10.2 Å². The third-order valence-corrected chi connectivity index (χ3v) is 2.98. The van der Waals surface area contributed by atoms with Gasteiger partial charge in [-0.15, -0.1) is 10.2 Å². The smallest absolute Gasteiger partial charge is 0.209 e. The molecule has 0 radical (unpaired) electrons. The zero-order valence-electron chi connectivity index (χ0n) is 10.8. The molecule has 7 heteroatoms. The van der Waals surface area contributed by atoms with Gasteiger partial charge in [0.15, 0.2) is 5.82 Å². The lowest BCUT2D eigenvalue weighted by Gasteiger charge is -2.02. The number of hydrogen-bond acceptors (Lipinski definition) is 4. The van der Waals surface area contributed by atoms with Gasteiger partial charge in [0.1, 0.15) is 0 Å². The van der Waals surface area contributed by atoms with Crippen molar-refractivity contribution in [3.05, 3.63) is 22.4 Å². The Labute approximate surface area is 114 Å². The summed E-state index contributed by atoms with van der Waals surface area (Å²) < 4.78 is 4.37. The van der Waals surface area contributed by atoms with Crippen LogP contribution in [0.2, 0.25) is 0 Å². The third-order valence-electron chi connectivity index (χ3n) is 2.42. The van der Waals surface area contributed by atoms with Crippen molar-refractivity contribution in [3.8, 4) is 0 Å². The molecule has 0 fully saturated rings. The number of aromatic nitrogens is 4. The van der Waals surface area contributed by atoms with Crippen LogP contribution in [-0.4, -0.2) is 19.6 Å². The average Bonchev–Trinajstić information content (AvgIpc) is 2.79. The van der Waals surface area contributed by atoms with E-state index >= 15 is 0 Å². The molecule has 0 aromatic carbocycles. The van der Waals surface area contributed by atoms with Crippen molar-refractivity contribution >= 4 is 27.6 Å². The SMILES string of the molecule is Cc1cn(C(C)C)nc1N=Nc1nn(C)cc1Br. The molecule has 0 spiro atoms. The Hall–Kier alpha value is -1.50. The van der Waals surface area contributed by atoms with E-state index < -0.39 is 0 Å². The van der Waals surface area contributed by atoms with Crippen LogP contribution in [0.4, 0.5) is 11.6 Å². The fourth-order valence-corrected chi connectivity index (χ4v) is 1.90. The fourth-order valence-electron chi connectivity index (χ4n) is 1.45. The van der Waals surface area contributed by atoms with Crippen molar-refractivity contribution in [2.24, 2.45) is 17.3 Å². The minimum absolute atomic E-state index is 0.314. The number of halogens is 1. The van der Waals surface area contributed by atoms with E-state index in [9.17, 15) is 0 Å². The predicted molar refractivity (Wildman–Crippen MR) is 72.4 cm³/mol. The first-order chi connectivity index (χ1) is 8.47. The lowest BCUT2D eigenvalue weighted by atomic mass is 10.4. The lowest BCUT2D eigenvalue weighted by Crippen LogP contribution is -1.99. The van der Waals surface area contributed by atoms with Crippen LogP contribution in [0.25, 0.3) is 0 Å². The van der Waals surface area contributed by atoms with Crippen molar-refractivity contribution in [1.82, 2.24) is 19.6 Å². The molecule has 2 aromatic rings. The molecule has 0 amide bonds. The highest BCUT2D eigenvalue weighted by Gasteiger charge is 2.07. The largest absolute Gasteiger partial charge is 0.272 e. The van der Waals surface area contributed by atoms with Gasteiger partial charge in [-0.25, -0.2) is 0 Å². The summed E-state index contributed by atoms with van der Waals surface area (Å²) in [5.74, 6) is 1.18. The molecule has 18 heavy (non-hydrogen) atoms. The Balaban J connectivity index is 2.26. The van der Waals surface area contributed by atoms with Crippen LogP contribution in [-0.2, 0) is 7.05 Å². The van der Waals surface area contributed by atoms with Gasteiger partial charge in [0.2, 0.25) is 5.82 Å². The summed E-state index contributed by atoms with van der Waals surface area (Å²) in [6, 6.07) is 0.314. The van der Waals surface area contributed by atoms with E-state index in [1.54, 1.807) is 4.68 Å². The first kappa shape index (κ1) is 12.9. The highest BCUT2D eigenvalue weighted by molar-refractivity contribution is 9.10. The van der Waals surface area contributed by atoms with Crippen molar-refractivity contribution in [3.63, 3.8) is 0 Å². The minimum atomic E-state index is 0.314. The molecule has 2 heterocycles. The molecule has 2 aromatic heterocycles. The molecule has 2 rings (SSSR count). The molecule has 0 unspecified atom stereocenters. The quantitative estimate of drug-likeness (QED) is 0.812. The molecule has 0 bridgehead atoms. The number of rotatable bonds is 3. The summed E-state index contributed by atoms with van der Waals surface area (Å²) in [5, 5.41) is 16.8. The van der Waals surface area contributed by atoms with Gasteiger partial charge in [-0.3, -0.25) is 9.36 Å². The molecule has 0 saturated heterocycles. The Morgan fingerprint density at radius 3 is 2.33 bits per heavy atom. The Kier molecular flexibility index (Phi) is 3.60. The standard InChI is InChI=1S/C11H15BrN6/c1-7(2)18-5-8(3)10(16-18)13-14-11-9(12)6-17(4)15-11/h5-7H,1-4H3. The molecule has 0 aliphatic heterocycles. The maximum atomic E-state index is 4.37. The molecular weight excluding hydrogens is 296 g/mol. The lowest BCUT2D eigenvalue weighted by molar-refractivity contribution is 0.533. The first-order valence-electron chi connectivity index (χ1n) is 5.64. The summed E-state index contributed by atoms with van der Waals surface area (Å²) in [7, 11) is 1.84. The van der Waals surface area contributed by atoms with Crippen LogP contribution in [0.1, 0.15) is 25.5 Å². The van der Waals surface area contributed by atoms with E-state index in [2.05, 4.69) is 50.2 Å². The summed E-state index contributed by atoms with van der Waals surface area (Å²) in [4.78, 5) is 0. The van der Waals surface area contributed by atoms with E-state index in [-0.39, 0.29) is 0 Å². The molecule has 0 atom stereocenters. The summed E-state index contributed by atoms with van der Waals surface area (Å²) in [6.07, 6.45) is 3.79. The van der Waals surface area contributed by atoms with Crippen LogP contribution < -0.4 is 0 Å². The second-order valence-electron chi connectivity index (χ2n) is 4.38. The van der Waals surface area contributed by atoms with Crippen LogP contribution >= 0.6 is 15.9 Å². The predicted octanol–water partition coefficient (Wildman–Crippen LogP) is 3.68. The van der Waals surface area contributed by atoms with E-state index in [0.29, 0.717) is 17.7 Å². The molecule has 0 N–H and O–H groups in total. The van der Waals surface area contributed by atoms with Crippen molar-refractivity contribution in [2.45, 2.75) is 26.8 Å². The maximum Gasteiger partial charge on any atom is 0.209 e.